The first-order valence-electron chi connectivity index (χ1n) is 8.01. The van der Waals surface area contributed by atoms with Crippen molar-refractivity contribution < 1.29 is 9.26 Å². The van der Waals surface area contributed by atoms with Gasteiger partial charge in [0.15, 0.2) is 5.82 Å². The van der Waals surface area contributed by atoms with Gasteiger partial charge in [-0.25, -0.2) is 0 Å². The van der Waals surface area contributed by atoms with Crippen LogP contribution in [0.3, 0.4) is 0 Å². The summed E-state index contributed by atoms with van der Waals surface area (Å²) in [4.78, 5) is 4.44. The van der Waals surface area contributed by atoms with Crippen LogP contribution in [0, 0.1) is 0 Å². The first-order valence-corrected chi connectivity index (χ1v) is 8.01. The number of rotatable bonds is 7. The summed E-state index contributed by atoms with van der Waals surface area (Å²) >= 11 is 0. The van der Waals surface area contributed by atoms with Gasteiger partial charge in [-0.1, -0.05) is 35.5 Å². The second kappa shape index (κ2) is 7.75. The Labute approximate surface area is 141 Å². The second-order valence-electron chi connectivity index (χ2n) is 5.71. The molecule has 0 radical (unpaired) electrons. The fourth-order valence-corrected chi connectivity index (χ4v) is 2.26. The van der Waals surface area contributed by atoms with E-state index in [0.717, 1.165) is 23.3 Å². The summed E-state index contributed by atoms with van der Waals surface area (Å²) in [5.74, 6) is 2.12. The number of likely N-dealkylation sites (N-methyl/N-ethyl adjacent to an activating group) is 1. The van der Waals surface area contributed by atoms with E-state index in [0.29, 0.717) is 24.4 Å². The molecule has 3 rings (SSSR count). The molecule has 0 aliphatic heterocycles. The highest BCUT2D eigenvalue weighted by atomic mass is 16.5. The van der Waals surface area contributed by atoms with Crippen LogP contribution < -0.4 is 10.1 Å². The number of nitrogens with zero attached hydrogens (tertiary/aromatic N) is 2. The quantitative estimate of drug-likeness (QED) is 0.721. The van der Waals surface area contributed by atoms with Gasteiger partial charge in [0.1, 0.15) is 12.4 Å². The maximum absolute atomic E-state index is 5.74. The third-order valence-electron chi connectivity index (χ3n) is 3.80. The molecule has 3 aromatic rings. The van der Waals surface area contributed by atoms with Gasteiger partial charge in [0.2, 0.25) is 0 Å². The average molecular weight is 323 g/mol. The predicted molar refractivity (Wildman–Crippen MR) is 92.7 cm³/mol. The number of para-hydroxylation sites is 1. The fraction of sp³-hybridized carbons (Fsp3) is 0.263. The number of aromatic nitrogens is 2. The summed E-state index contributed by atoms with van der Waals surface area (Å²) < 4.78 is 11.1. The standard InChI is InChI=1S/C19H21N3O2/c1-14(20-2)12-18-21-19(24-22-18)16-10-8-15(9-11-16)13-23-17-6-4-3-5-7-17/h3-11,14,20H,12-13H2,1-2H3. The van der Waals surface area contributed by atoms with E-state index < -0.39 is 0 Å². The molecule has 5 nitrogen and oxygen atoms in total. The summed E-state index contributed by atoms with van der Waals surface area (Å²) in [6.45, 7) is 2.61. The minimum absolute atomic E-state index is 0.313. The molecule has 0 saturated heterocycles. The Bertz CT molecular complexity index is 754. The van der Waals surface area contributed by atoms with Crippen molar-refractivity contribution in [2.24, 2.45) is 0 Å². The lowest BCUT2D eigenvalue weighted by molar-refractivity contribution is 0.306. The van der Waals surface area contributed by atoms with Crippen LogP contribution in [0.1, 0.15) is 18.3 Å². The first kappa shape index (κ1) is 16.2. The molecule has 0 spiro atoms. The van der Waals surface area contributed by atoms with Gasteiger partial charge in [-0.15, -0.1) is 0 Å². The maximum Gasteiger partial charge on any atom is 0.257 e. The Hall–Kier alpha value is -2.66. The van der Waals surface area contributed by atoms with Crippen LogP contribution in [0.4, 0.5) is 0 Å². The zero-order chi connectivity index (χ0) is 16.8. The van der Waals surface area contributed by atoms with Crippen molar-refractivity contribution in [3.05, 3.63) is 66.0 Å². The van der Waals surface area contributed by atoms with Crippen molar-refractivity contribution in [2.45, 2.75) is 26.0 Å². The van der Waals surface area contributed by atoms with Crippen LogP contribution in [0.25, 0.3) is 11.5 Å². The highest BCUT2D eigenvalue weighted by Crippen LogP contribution is 2.19. The van der Waals surface area contributed by atoms with Crippen LogP contribution in [0.5, 0.6) is 5.75 Å². The van der Waals surface area contributed by atoms with Crippen LogP contribution in [0.15, 0.2) is 59.1 Å². The number of ether oxygens (including phenoxy) is 1. The SMILES string of the molecule is CNC(C)Cc1noc(-c2ccc(COc3ccccc3)cc2)n1. The van der Waals surface area contributed by atoms with E-state index in [1.807, 2.05) is 61.6 Å². The second-order valence-corrected chi connectivity index (χ2v) is 5.71. The lowest BCUT2D eigenvalue weighted by Crippen LogP contribution is -2.24. The summed E-state index contributed by atoms with van der Waals surface area (Å²) in [6.07, 6.45) is 0.739. The van der Waals surface area contributed by atoms with Crippen molar-refractivity contribution in [2.75, 3.05) is 7.05 Å². The molecule has 0 saturated carbocycles. The molecule has 1 aromatic heterocycles. The highest BCUT2D eigenvalue weighted by molar-refractivity contribution is 5.53. The van der Waals surface area contributed by atoms with E-state index in [1.54, 1.807) is 0 Å². The van der Waals surface area contributed by atoms with Crippen LogP contribution in [-0.2, 0) is 13.0 Å². The van der Waals surface area contributed by atoms with Gasteiger partial charge in [0, 0.05) is 18.0 Å². The van der Waals surface area contributed by atoms with E-state index in [9.17, 15) is 0 Å². The Balaban J connectivity index is 1.62. The molecule has 1 N–H and O–H groups in total. The van der Waals surface area contributed by atoms with E-state index >= 15 is 0 Å². The third-order valence-corrected chi connectivity index (χ3v) is 3.80. The lowest BCUT2D eigenvalue weighted by atomic mass is 10.1. The number of hydrogen-bond donors (Lipinski definition) is 1. The number of nitrogens with one attached hydrogen (secondary N) is 1. The summed E-state index contributed by atoms with van der Waals surface area (Å²) in [5.41, 5.74) is 2.00. The number of hydrogen-bond acceptors (Lipinski definition) is 5. The molecule has 124 valence electrons. The Kier molecular flexibility index (Phi) is 5.23. The zero-order valence-electron chi connectivity index (χ0n) is 13.9. The van der Waals surface area contributed by atoms with Gasteiger partial charge in [-0.3, -0.25) is 0 Å². The summed E-state index contributed by atoms with van der Waals surface area (Å²) in [7, 11) is 1.92. The van der Waals surface area contributed by atoms with Crippen molar-refractivity contribution in [1.29, 1.82) is 0 Å². The summed E-state index contributed by atoms with van der Waals surface area (Å²) in [6, 6.07) is 18.1. The van der Waals surface area contributed by atoms with E-state index in [2.05, 4.69) is 22.4 Å². The molecule has 1 heterocycles. The van der Waals surface area contributed by atoms with Crippen LogP contribution in [-0.4, -0.2) is 23.2 Å². The van der Waals surface area contributed by atoms with E-state index in [4.69, 9.17) is 9.26 Å². The number of benzene rings is 2. The molecule has 0 aliphatic rings. The molecule has 0 fully saturated rings. The molecule has 5 heteroatoms. The highest BCUT2D eigenvalue weighted by Gasteiger charge is 2.11. The van der Waals surface area contributed by atoms with E-state index in [-0.39, 0.29) is 0 Å². The van der Waals surface area contributed by atoms with Crippen molar-refractivity contribution in [3.8, 4) is 17.2 Å². The van der Waals surface area contributed by atoms with Gasteiger partial charge in [0.05, 0.1) is 0 Å². The van der Waals surface area contributed by atoms with Gasteiger partial charge in [0.25, 0.3) is 5.89 Å². The molecule has 0 bridgehead atoms. The molecule has 1 atom stereocenters. The fourth-order valence-electron chi connectivity index (χ4n) is 2.26. The Morgan fingerprint density at radius 2 is 1.83 bits per heavy atom. The van der Waals surface area contributed by atoms with Crippen molar-refractivity contribution in [1.82, 2.24) is 15.5 Å². The molecule has 1 unspecified atom stereocenters. The van der Waals surface area contributed by atoms with E-state index in [1.165, 1.54) is 0 Å². The third kappa shape index (κ3) is 4.20. The van der Waals surface area contributed by atoms with Gasteiger partial charge < -0.3 is 14.6 Å². The van der Waals surface area contributed by atoms with Crippen molar-refractivity contribution >= 4 is 0 Å². The lowest BCUT2D eigenvalue weighted by Gasteiger charge is -2.06. The molecule has 24 heavy (non-hydrogen) atoms. The Morgan fingerprint density at radius 1 is 1.08 bits per heavy atom. The minimum atomic E-state index is 0.313. The molecule has 2 aromatic carbocycles. The molecule has 0 aliphatic carbocycles. The van der Waals surface area contributed by atoms with Crippen molar-refractivity contribution in [3.63, 3.8) is 0 Å². The van der Waals surface area contributed by atoms with Gasteiger partial charge in [-0.2, -0.15) is 4.98 Å². The molecule has 0 amide bonds. The Morgan fingerprint density at radius 3 is 2.54 bits per heavy atom. The van der Waals surface area contributed by atoms with Crippen LogP contribution >= 0.6 is 0 Å². The smallest absolute Gasteiger partial charge is 0.257 e. The summed E-state index contributed by atoms with van der Waals surface area (Å²) in [5, 5.41) is 7.19. The zero-order valence-corrected chi connectivity index (χ0v) is 13.9. The topological polar surface area (TPSA) is 60.2 Å². The first-order chi connectivity index (χ1) is 11.7. The molecular formula is C19H21N3O2. The van der Waals surface area contributed by atoms with Gasteiger partial charge >= 0.3 is 0 Å². The maximum atomic E-state index is 5.74. The van der Waals surface area contributed by atoms with Crippen LogP contribution in [0.2, 0.25) is 0 Å². The largest absolute Gasteiger partial charge is 0.489 e. The average Bonchev–Trinajstić information content (AvgIpc) is 3.09. The van der Waals surface area contributed by atoms with Gasteiger partial charge in [-0.05, 0) is 43.8 Å². The minimum Gasteiger partial charge on any atom is -0.489 e. The molecular weight excluding hydrogens is 302 g/mol. The monoisotopic (exact) mass is 323 g/mol. The normalized spacial score (nSPS) is 12.1. The predicted octanol–water partition coefficient (Wildman–Crippen LogP) is 3.47.